The molecular formula is C18H30N2. The average Bonchev–Trinajstić information content (AvgIpc) is 2.38. The van der Waals surface area contributed by atoms with Crippen molar-refractivity contribution < 1.29 is 0 Å². The Bertz CT molecular complexity index is 414. The Hall–Kier alpha value is -0.860. The normalized spacial score (nSPS) is 22.8. The summed E-state index contributed by atoms with van der Waals surface area (Å²) in [7, 11) is 0. The molecule has 1 fully saturated rings. The molecule has 0 spiro atoms. The van der Waals surface area contributed by atoms with Gasteiger partial charge in [-0.2, -0.15) is 0 Å². The first-order chi connectivity index (χ1) is 9.36. The van der Waals surface area contributed by atoms with Crippen LogP contribution >= 0.6 is 0 Å². The van der Waals surface area contributed by atoms with Crippen molar-refractivity contribution in [2.75, 3.05) is 13.1 Å². The van der Waals surface area contributed by atoms with Crippen LogP contribution < -0.4 is 5.73 Å². The number of hydrogen-bond acceptors (Lipinski definition) is 2. The fourth-order valence-corrected chi connectivity index (χ4v) is 3.03. The zero-order valence-electron chi connectivity index (χ0n) is 13.5. The van der Waals surface area contributed by atoms with Crippen LogP contribution in [-0.4, -0.2) is 24.0 Å². The summed E-state index contributed by atoms with van der Waals surface area (Å²) in [5, 5.41) is 0. The van der Waals surface area contributed by atoms with Crippen molar-refractivity contribution in [3.05, 3.63) is 35.4 Å². The van der Waals surface area contributed by atoms with Gasteiger partial charge in [-0.25, -0.2) is 0 Å². The zero-order valence-corrected chi connectivity index (χ0v) is 13.5. The fraction of sp³-hybridized carbons (Fsp3) is 0.667. The lowest BCUT2D eigenvalue weighted by atomic mass is 9.86. The van der Waals surface area contributed by atoms with Crippen molar-refractivity contribution in [3.8, 4) is 0 Å². The number of benzene rings is 1. The first-order valence-electron chi connectivity index (χ1n) is 7.93. The topological polar surface area (TPSA) is 29.3 Å². The summed E-state index contributed by atoms with van der Waals surface area (Å²) in [6.07, 6.45) is 2.57. The Kier molecular flexibility index (Phi) is 4.87. The number of likely N-dealkylation sites (tertiary alicyclic amines) is 1. The molecule has 1 aromatic carbocycles. The van der Waals surface area contributed by atoms with Crippen LogP contribution in [0.15, 0.2) is 24.3 Å². The third-order valence-corrected chi connectivity index (χ3v) is 4.51. The second-order valence-electron chi connectivity index (χ2n) is 7.44. The van der Waals surface area contributed by atoms with Crippen LogP contribution in [0, 0.1) is 5.92 Å². The minimum Gasteiger partial charge on any atom is -0.328 e. The van der Waals surface area contributed by atoms with E-state index in [1.54, 1.807) is 0 Å². The van der Waals surface area contributed by atoms with Crippen molar-refractivity contribution in [2.45, 2.75) is 58.5 Å². The molecule has 20 heavy (non-hydrogen) atoms. The maximum atomic E-state index is 6.06. The van der Waals surface area contributed by atoms with Crippen LogP contribution in [0.3, 0.4) is 0 Å². The molecule has 1 aliphatic heterocycles. The lowest BCUT2D eigenvalue weighted by Crippen LogP contribution is -2.41. The molecule has 112 valence electrons. The largest absolute Gasteiger partial charge is 0.328 e. The van der Waals surface area contributed by atoms with Gasteiger partial charge in [-0.15, -0.1) is 0 Å². The zero-order chi connectivity index (χ0) is 14.8. The lowest BCUT2D eigenvalue weighted by Gasteiger charge is -2.34. The van der Waals surface area contributed by atoms with Gasteiger partial charge in [0, 0.05) is 19.1 Å². The summed E-state index contributed by atoms with van der Waals surface area (Å²) in [5.74, 6) is 0.664. The molecule has 0 aromatic heterocycles. The summed E-state index contributed by atoms with van der Waals surface area (Å²) in [6.45, 7) is 12.4. The van der Waals surface area contributed by atoms with Gasteiger partial charge < -0.3 is 5.73 Å². The van der Waals surface area contributed by atoms with Crippen molar-refractivity contribution in [1.29, 1.82) is 0 Å². The van der Waals surface area contributed by atoms with E-state index in [0.29, 0.717) is 12.0 Å². The molecule has 2 atom stereocenters. The molecule has 1 heterocycles. The standard InChI is InChI=1S/C18H30N2/c1-14(19)16-6-5-11-20(13-16)12-15-7-9-17(10-8-15)18(2,3)4/h7-10,14,16H,5-6,11-13,19H2,1-4H3. The molecule has 2 N–H and O–H groups in total. The Morgan fingerprint density at radius 2 is 1.90 bits per heavy atom. The van der Waals surface area contributed by atoms with E-state index in [0.717, 1.165) is 13.1 Å². The van der Waals surface area contributed by atoms with Gasteiger partial charge in [-0.3, -0.25) is 4.90 Å². The maximum Gasteiger partial charge on any atom is 0.0233 e. The molecule has 0 amide bonds. The summed E-state index contributed by atoms with van der Waals surface area (Å²) in [4.78, 5) is 2.56. The lowest BCUT2D eigenvalue weighted by molar-refractivity contribution is 0.154. The average molecular weight is 274 g/mol. The Labute approximate surface area is 124 Å². The first kappa shape index (κ1) is 15.5. The number of nitrogens with two attached hydrogens (primary N) is 1. The molecule has 1 aromatic rings. The minimum absolute atomic E-state index is 0.240. The molecule has 1 saturated heterocycles. The second kappa shape index (κ2) is 6.28. The van der Waals surface area contributed by atoms with Crippen LogP contribution in [0.5, 0.6) is 0 Å². The summed E-state index contributed by atoms with van der Waals surface area (Å²) in [6, 6.07) is 9.46. The van der Waals surface area contributed by atoms with Gasteiger partial charge in [0.1, 0.15) is 0 Å². The van der Waals surface area contributed by atoms with Crippen molar-refractivity contribution in [1.82, 2.24) is 4.90 Å². The molecule has 0 saturated carbocycles. The minimum atomic E-state index is 0.240. The van der Waals surface area contributed by atoms with E-state index in [-0.39, 0.29) is 5.41 Å². The summed E-state index contributed by atoms with van der Waals surface area (Å²) >= 11 is 0. The molecule has 0 aliphatic carbocycles. The predicted molar refractivity (Wildman–Crippen MR) is 86.8 cm³/mol. The Morgan fingerprint density at radius 1 is 1.25 bits per heavy atom. The monoisotopic (exact) mass is 274 g/mol. The molecule has 2 nitrogen and oxygen atoms in total. The molecule has 2 rings (SSSR count). The predicted octanol–water partition coefficient (Wildman–Crippen LogP) is 3.54. The maximum absolute atomic E-state index is 6.06. The Morgan fingerprint density at radius 3 is 2.45 bits per heavy atom. The van der Waals surface area contributed by atoms with E-state index in [9.17, 15) is 0 Å². The van der Waals surface area contributed by atoms with Gasteiger partial charge in [0.25, 0.3) is 0 Å². The van der Waals surface area contributed by atoms with Gasteiger partial charge in [-0.05, 0) is 48.8 Å². The quantitative estimate of drug-likeness (QED) is 0.913. The third kappa shape index (κ3) is 4.07. The first-order valence-corrected chi connectivity index (χ1v) is 7.93. The molecule has 0 radical (unpaired) electrons. The van der Waals surface area contributed by atoms with E-state index in [1.165, 1.54) is 30.5 Å². The van der Waals surface area contributed by atoms with E-state index >= 15 is 0 Å². The van der Waals surface area contributed by atoms with Crippen LogP contribution in [-0.2, 0) is 12.0 Å². The fourth-order valence-electron chi connectivity index (χ4n) is 3.03. The van der Waals surface area contributed by atoms with Gasteiger partial charge in [0.2, 0.25) is 0 Å². The number of nitrogens with zero attached hydrogens (tertiary/aromatic N) is 1. The molecule has 0 bridgehead atoms. The Balaban J connectivity index is 1.96. The van der Waals surface area contributed by atoms with Gasteiger partial charge >= 0.3 is 0 Å². The second-order valence-corrected chi connectivity index (χ2v) is 7.44. The van der Waals surface area contributed by atoms with Crippen molar-refractivity contribution in [2.24, 2.45) is 11.7 Å². The highest BCUT2D eigenvalue weighted by Gasteiger charge is 2.22. The highest BCUT2D eigenvalue weighted by molar-refractivity contribution is 5.27. The third-order valence-electron chi connectivity index (χ3n) is 4.51. The van der Waals surface area contributed by atoms with Crippen molar-refractivity contribution in [3.63, 3.8) is 0 Å². The highest BCUT2D eigenvalue weighted by Crippen LogP contribution is 2.24. The molecule has 2 unspecified atom stereocenters. The molecule has 1 aliphatic rings. The molecular weight excluding hydrogens is 244 g/mol. The van der Waals surface area contributed by atoms with Crippen molar-refractivity contribution >= 4 is 0 Å². The van der Waals surface area contributed by atoms with Crippen LogP contribution in [0.2, 0.25) is 0 Å². The van der Waals surface area contributed by atoms with Gasteiger partial charge in [0.15, 0.2) is 0 Å². The van der Waals surface area contributed by atoms with Gasteiger partial charge in [-0.1, -0.05) is 45.0 Å². The van der Waals surface area contributed by atoms with E-state index in [1.807, 2.05) is 0 Å². The van der Waals surface area contributed by atoms with E-state index in [2.05, 4.69) is 56.9 Å². The van der Waals surface area contributed by atoms with E-state index in [4.69, 9.17) is 5.73 Å². The van der Waals surface area contributed by atoms with Crippen LogP contribution in [0.25, 0.3) is 0 Å². The number of rotatable bonds is 3. The number of piperidine rings is 1. The summed E-state index contributed by atoms with van der Waals surface area (Å²) < 4.78 is 0. The smallest absolute Gasteiger partial charge is 0.0233 e. The molecule has 2 heteroatoms. The highest BCUT2D eigenvalue weighted by atomic mass is 15.1. The van der Waals surface area contributed by atoms with Crippen LogP contribution in [0.4, 0.5) is 0 Å². The SMILES string of the molecule is CC(N)C1CCCN(Cc2ccc(C(C)(C)C)cc2)C1. The summed E-state index contributed by atoms with van der Waals surface area (Å²) in [5.41, 5.74) is 9.13. The van der Waals surface area contributed by atoms with Gasteiger partial charge in [0.05, 0.1) is 0 Å². The van der Waals surface area contributed by atoms with E-state index < -0.39 is 0 Å². The number of hydrogen-bond donors (Lipinski definition) is 1. The van der Waals surface area contributed by atoms with Crippen LogP contribution in [0.1, 0.15) is 51.7 Å².